The minimum atomic E-state index is -0.173. The first-order valence-electron chi connectivity index (χ1n) is 8.31. The van der Waals surface area contributed by atoms with Gasteiger partial charge in [-0.1, -0.05) is 24.3 Å². The van der Waals surface area contributed by atoms with E-state index in [1.165, 1.54) is 10.9 Å². The van der Waals surface area contributed by atoms with E-state index in [-0.39, 0.29) is 6.03 Å². The van der Waals surface area contributed by atoms with Crippen LogP contribution >= 0.6 is 0 Å². The van der Waals surface area contributed by atoms with Crippen LogP contribution < -0.4 is 15.4 Å². The van der Waals surface area contributed by atoms with Gasteiger partial charge < -0.3 is 19.9 Å². The van der Waals surface area contributed by atoms with E-state index in [0.29, 0.717) is 19.0 Å². The van der Waals surface area contributed by atoms with Crippen LogP contribution in [0.2, 0.25) is 0 Å². The summed E-state index contributed by atoms with van der Waals surface area (Å²) in [5, 5.41) is 6.94. The molecule has 1 aromatic carbocycles. The van der Waals surface area contributed by atoms with Crippen molar-refractivity contribution in [2.24, 2.45) is 0 Å². The lowest BCUT2D eigenvalue weighted by Gasteiger charge is -2.09. The second-order valence-corrected chi connectivity index (χ2v) is 5.74. The van der Waals surface area contributed by atoms with Crippen LogP contribution in [0.25, 0.3) is 10.9 Å². The van der Waals surface area contributed by atoms with Crippen molar-refractivity contribution in [3.05, 3.63) is 60.4 Å². The number of hydrogen-bond donors (Lipinski definition) is 2. The van der Waals surface area contributed by atoms with Gasteiger partial charge >= 0.3 is 6.03 Å². The largest absolute Gasteiger partial charge is 0.481 e. The van der Waals surface area contributed by atoms with Crippen LogP contribution in [0, 0.1) is 0 Å². The number of fused-ring (bicyclic) bond motifs is 1. The molecule has 6 heteroatoms. The SMILES string of the molecule is COc1ccc(CNC(=O)NCCCn2ccc3ccccc32)cn1. The molecule has 0 fully saturated rings. The maximum absolute atomic E-state index is 11.8. The molecule has 3 rings (SSSR count). The molecule has 25 heavy (non-hydrogen) atoms. The molecule has 0 saturated heterocycles. The summed E-state index contributed by atoms with van der Waals surface area (Å²) in [5.41, 5.74) is 2.15. The summed E-state index contributed by atoms with van der Waals surface area (Å²) in [6.07, 6.45) is 4.65. The van der Waals surface area contributed by atoms with Gasteiger partial charge in [-0.05, 0) is 29.5 Å². The number of benzene rings is 1. The molecule has 0 radical (unpaired) electrons. The van der Waals surface area contributed by atoms with Gasteiger partial charge in [0.25, 0.3) is 0 Å². The Morgan fingerprint density at radius 2 is 2.04 bits per heavy atom. The van der Waals surface area contributed by atoms with Crippen molar-refractivity contribution in [2.75, 3.05) is 13.7 Å². The van der Waals surface area contributed by atoms with Gasteiger partial charge in [0, 0.05) is 43.6 Å². The number of aryl methyl sites for hydroxylation is 1. The lowest BCUT2D eigenvalue weighted by Crippen LogP contribution is -2.35. The number of carbonyl (C=O) groups excluding carboxylic acids is 1. The summed E-state index contributed by atoms with van der Waals surface area (Å²) in [4.78, 5) is 15.9. The van der Waals surface area contributed by atoms with Crippen molar-refractivity contribution < 1.29 is 9.53 Å². The number of carbonyl (C=O) groups is 1. The molecule has 0 unspecified atom stereocenters. The Hall–Kier alpha value is -3.02. The second kappa shape index (κ2) is 8.19. The number of aromatic nitrogens is 2. The fourth-order valence-corrected chi connectivity index (χ4v) is 2.67. The van der Waals surface area contributed by atoms with Gasteiger partial charge in [0.2, 0.25) is 5.88 Å². The van der Waals surface area contributed by atoms with Crippen LogP contribution in [0.1, 0.15) is 12.0 Å². The molecule has 2 heterocycles. The van der Waals surface area contributed by atoms with Crippen LogP contribution in [0.5, 0.6) is 5.88 Å². The molecular weight excluding hydrogens is 316 g/mol. The van der Waals surface area contributed by atoms with Gasteiger partial charge in [-0.25, -0.2) is 9.78 Å². The number of para-hydroxylation sites is 1. The first-order chi connectivity index (χ1) is 12.3. The highest BCUT2D eigenvalue weighted by Gasteiger charge is 2.02. The average Bonchev–Trinajstić information content (AvgIpc) is 3.07. The molecule has 0 bridgehead atoms. The minimum Gasteiger partial charge on any atom is -0.481 e. The molecule has 0 atom stereocenters. The Kier molecular flexibility index (Phi) is 5.51. The van der Waals surface area contributed by atoms with Crippen LogP contribution in [-0.4, -0.2) is 29.2 Å². The van der Waals surface area contributed by atoms with E-state index in [9.17, 15) is 4.79 Å². The summed E-state index contributed by atoms with van der Waals surface area (Å²) in [5.74, 6) is 0.561. The number of urea groups is 1. The number of rotatable bonds is 7. The molecule has 2 aromatic heterocycles. The van der Waals surface area contributed by atoms with E-state index >= 15 is 0 Å². The summed E-state index contributed by atoms with van der Waals surface area (Å²) < 4.78 is 7.21. The standard InChI is InChI=1S/C19H22N4O2/c1-25-18-8-7-15(13-21-18)14-22-19(24)20-10-4-11-23-12-9-16-5-2-3-6-17(16)23/h2-3,5-9,12-13H,4,10-11,14H2,1H3,(H2,20,22,24). The highest BCUT2D eigenvalue weighted by atomic mass is 16.5. The molecule has 0 aliphatic heterocycles. The van der Waals surface area contributed by atoms with Crippen molar-refractivity contribution in [2.45, 2.75) is 19.5 Å². The van der Waals surface area contributed by atoms with Crippen molar-refractivity contribution >= 4 is 16.9 Å². The normalized spacial score (nSPS) is 10.6. The number of nitrogens with one attached hydrogen (secondary N) is 2. The zero-order valence-corrected chi connectivity index (χ0v) is 14.2. The molecule has 2 N–H and O–H groups in total. The van der Waals surface area contributed by atoms with Gasteiger partial charge in [0.05, 0.1) is 7.11 Å². The molecule has 2 amide bonds. The predicted molar refractivity (Wildman–Crippen MR) is 97.6 cm³/mol. The van der Waals surface area contributed by atoms with Crippen LogP contribution in [0.3, 0.4) is 0 Å². The third-order valence-electron chi connectivity index (χ3n) is 4.00. The number of pyridine rings is 1. The Morgan fingerprint density at radius 3 is 2.84 bits per heavy atom. The van der Waals surface area contributed by atoms with Gasteiger partial charge in [-0.2, -0.15) is 0 Å². The van der Waals surface area contributed by atoms with Crippen LogP contribution in [0.15, 0.2) is 54.9 Å². The smallest absolute Gasteiger partial charge is 0.315 e. The van der Waals surface area contributed by atoms with E-state index < -0.39 is 0 Å². The first-order valence-corrected chi connectivity index (χ1v) is 8.31. The second-order valence-electron chi connectivity index (χ2n) is 5.74. The highest BCUT2D eigenvalue weighted by Crippen LogP contribution is 2.15. The maximum Gasteiger partial charge on any atom is 0.315 e. The fourth-order valence-electron chi connectivity index (χ4n) is 2.67. The maximum atomic E-state index is 11.8. The van der Waals surface area contributed by atoms with Crippen LogP contribution in [-0.2, 0) is 13.1 Å². The fraction of sp³-hybridized carbons (Fsp3) is 0.263. The van der Waals surface area contributed by atoms with Gasteiger partial charge in [0.1, 0.15) is 0 Å². The quantitative estimate of drug-likeness (QED) is 0.651. The van der Waals surface area contributed by atoms with E-state index in [0.717, 1.165) is 18.5 Å². The first kappa shape index (κ1) is 16.8. The summed E-state index contributed by atoms with van der Waals surface area (Å²) in [6, 6.07) is 13.9. The van der Waals surface area contributed by atoms with E-state index in [1.54, 1.807) is 19.4 Å². The van der Waals surface area contributed by atoms with Crippen molar-refractivity contribution in [3.8, 4) is 5.88 Å². The lowest BCUT2D eigenvalue weighted by molar-refractivity contribution is 0.240. The summed E-state index contributed by atoms with van der Waals surface area (Å²) >= 11 is 0. The van der Waals surface area contributed by atoms with E-state index in [4.69, 9.17) is 4.74 Å². The van der Waals surface area contributed by atoms with Gasteiger partial charge in [-0.15, -0.1) is 0 Å². The molecule has 0 spiro atoms. The zero-order chi connectivity index (χ0) is 17.5. The molecule has 0 aliphatic carbocycles. The number of hydrogen-bond acceptors (Lipinski definition) is 3. The highest BCUT2D eigenvalue weighted by molar-refractivity contribution is 5.79. The number of methoxy groups -OCH3 is 1. The van der Waals surface area contributed by atoms with Crippen molar-refractivity contribution in [3.63, 3.8) is 0 Å². The van der Waals surface area contributed by atoms with Crippen LogP contribution in [0.4, 0.5) is 4.79 Å². The molecule has 0 aliphatic rings. The van der Waals surface area contributed by atoms with Crippen molar-refractivity contribution in [1.29, 1.82) is 0 Å². The summed E-state index contributed by atoms with van der Waals surface area (Å²) in [7, 11) is 1.57. The van der Waals surface area contributed by atoms with E-state index in [1.807, 2.05) is 18.2 Å². The zero-order valence-electron chi connectivity index (χ0n) is 14.2. The Morgan fingerprint density at radius 1 is 1.16 bits per heavy atom. The lowest BCUT2D eigenvalue weighted by atomic mass is 10.2. The van der Waals surface area contributed by atoms with E-state index in [2.05, 4.69) is 44.6 Å². The third-order valence-corrected chi connectivity index (χ3v) is 4.00. The molecule has 0 saturated carbocycles. The summed E-state index contributed by atoms with van der Waals surface area (Å²) in [6.45, 7) is 1.93. The Bertz CT molecular complexity index is 827. The number of nitrogens with zero attached hydrogens (tertiary/aromatic N) is 2. The Balaban J connectivity index is 1.37. The van der Waals surface area contributed by atoms with Crippen molar-refractivity contribution in [1.82, 2.24) is 20.2 Å². The predicted octanol–water partition coefficient (Wildman–Crippen LogP) is 2.93. The number of ether oxygens (including phenoxy) is 1. The monoisotopic (exact) mass is 338 g/mol. The molecule has 3 aromatic rings. The van der Waals surface area contributed by atoms with Gasteiger partial charge in [-0.3, -0.25) is 0 Å². The average molecular weight is 338 g/mol. The number of amides is 2. The molecule has 130 valence electrons. The minimum absolute atomic E-state index is 0.173. The molecule has 6 nitrogen and oxygen atoms in total. The third kappa shape index (κ3) is 4.50. The Labute approximate surface area is 146 Å². The van der Waals surface area contributed by atoms with Gasteiger partial charge in [0.15, 0.2) is 0 Å². The molecular formula is C19H22N4O2. The topological polar surface area (TPSA) is 68.2 Å².